The Morgan fingerprint density at radius 2 is 2.33 bits per heavy atom. The van der Waals surface area contributed by atoms with E-state index in [0.717, 1.165) is 10.1 Å². The molecule has 0 bridgehead atoms. The zero-order valence-corrected chi connectivity index (χ0v) is 7.95. The molecule has 0 unspecified atom stereocenters. The lowest BCUT2D eigenvalue weighted by Crippen LogP contribution is -1.97. The average molecular weight is 228 g/mol. The average Bonchev–Trinajstić information content (AvgIpc) is 2.47. The Labute approximate surface area is 77.3 Å². The minimum absolute atomic E-state index is 0.361. The Bertz CT molecular complexity index is 412. The predicted octanol–water partition coefficient (Wildman–Crippen LogP) is 1.50. The predicted molar refractivity (Wildman–Crippen MR) is 47.2 cm³/mol. The zero-order chi connectivity index (χ0) is 8.55. The van der Waals surface area contributed by atoms with Crippen molar-refractivity contribution in [3.05, 3.63) is 22.9 Å². The third-order valence-corrected chi connectivity index (χ3v) is 2.11. The second-order valence-corrected chi connectivity index (χ2v) is 3.05. The first-order chi connectivity index (χ1) is 5.81. The summed E-state index contributed by atoms with van der Waals surface area (Å²) in [6, 6.07) is 4.19. The third kappa shape index (κ3) is 1.06. The molecule has 0 aliphatic rings. The topological polar surface area (TPSA) is 39.4 Å². The summed E-state index contributed by atoms with van der Waals surface area (Å²) in [5.74, 6) is 0. The summed E-state index contributed by atoms with van der Waals surface area (Å²) in [5, 5.41) is 4.09. The zero-order valence-electron chi connectivity index (χ0n) is 6.36. The third-order valence-electron chi connectivity index (χ3n) is 1.51. The summed E-state index contributed by atoms with van der Waals surface area (Å²) in [7, 11) is 1.54. The molecule has 2 rings (SSSR count). The number of nitrogens with zero attached hydrogens (tertiary/aromatic N) is 3. The molecular formula is C7H6BrN3O. The Morgan fingerprint density at radius 3 is 3.08 bits per heavy atom. The van der Waals surface area contributed by atoms with Crippen LogP contribution in [0.1, 0.15) is 0 Å². The first-order valence-electron chi connectivity index (χ1n) is 3.35. The number of fused-ring (bicyclic) bond motifs is 1. The van der Waals surface area contributed by atoms with Gasteiger partial charge in [0.25, 0.3) is 0 Å². The van der Waals surface area contributed by atoms with E-state index in [0.29, 0.717) is 6.01 Å². The van der Waals surface area contributed by atoms with Crippen molar-refractivity contribution < 1.29 is 4.74 Å². The van der Waals surface area contributed by atoms with Crippen LogP contribution in [-0.2, 0) is 0 Å². The summed E-state index contributed by atoms with van der Waals surface area (Å²) in [6.45, 7) is 0. The summed E-state index contributed by atoms with van der Waals surface area (Å²) in [4.78, 5) is 3.96. The quantitative estimate of drug-likeness (QED) is 0.742. The standard InChI is InChI=1S/C7H6BrN3O/c1-12-7-9-4-5-2-3-6(8)11(5)10-7/h2-4H,1H3. The second-order valence-electron chi connectivity index (χ2n) is 2.24. The summed E-state index contributed by atoms with van der Waals surface area (Å²) in [5.41, 5.74) is 0.933. The van der Waals surface area contributed by atoms with Crippen molar-refractivity contribution in [1.82, 2.24) is 14.6 Å². The number of aromatic nitrogens is 3. The van der Waals surface area contributed by atoms with Gasteiger partial charge < -0.3 is 4.74 Å². The van der Waals surface area contributed by atoms with E-state index in [1.165, 1.54) is 0 Å². The second kappa shape index (κ2) is 2.75. The Hall–Kier alpha value is -1.10. The van der Waals surface area contributed by atoms with Gasteiger partial charge in [0, 0.05) is 0 Å². The van der Waals surface area contributed by atoms with Gasteiger partial charge in [0.2, 0.25) is 0 Å². The molecule has 0 atom stereocenters. The van der Waals surface area contributed by atoms with E-state index < -0.39 is 0 Å². The number of halogens is 1. The van der Waals surface area contributed by atoms with Gasteiger partial charge in [-0.05, 0) is 28.1 Å². The maximum absolute atomic E-state index is 4.88. The van der Waals surface area contributed by atoms with Crippen LogP contribution in [0.25, 0.3) is 5.52 Å². The van der Waals surface area contributed by atoms with Gasteiger partial charge in [0.05, 0.1) is 18.8 Å². The van der Waals surface area contributed by atoms with E-state index >= 15 is 0 Å². The van der Waals surface area contributed by atoms with Crippen LogP contribution in [-0.4, -0.2) is 21.7 Å². The largest absolute Gasteiger partial charge is 0.466 e. The molecule has 2 aromatic heterocycles. The van der Waals surface area contributed by atoms with Gasteiger partial charge in [-0.3, -0.25) is 0 Å². The molecule has 2 heterocycles. The van der Waals surface area contributed by atoms with E-state index in [1.54, 1.807) is 17.8 Å². The number of hydrogen-bond acceptors (Lipinski definition) is 3. The van der Waals surface area contributed by atoms with E-state index in [1.807, 2.05) is 12.1 Å². The van der Waals surface area contributed by atoms with Crippen LogP contribution < -0.4 is 4.74 Å². The van der Waals surface area contributed by atoms with E-state index in [2.05, 4.69) is 26.0 Å². The number of rotatable bonds is 1. The maximum atomic E-state index is 4.88. The smallest absolute Gasteiger partial charge is 0.334 e. The first-order valence-corrected chi connectivity index (χ1v) is 4.15. The lowest BCUT2D eigenvalue weighted by molar-refractivity contribution is 0.371. The van der Waals surface area contributed by atoms with Crippen LogP contribution in [0.5, 0.6) is 6.01 Å². The van der Waals surface area contributed by atoms with E-state index in [9.17, 15) is 0 Å². The van der Waals surface area contributed by atoms with Crippen molar-refractivity contribution >= 4 is 21.4 Å². The van der Waals surface area contributed by atoms with Gasteiger partial charge in [-0.25, -0.2) is 9.50 Å². The molecule has 0 fully saturated rings. The normalized spacial score (nSPS) is 10.5. The number of hydrogen-bond donors (Lipinski definition) is 0. The summed E-state index contributed by atoms with van der Waals surface area (Å²) in [6.07, 6.45) is 1.70. The van der Waals surface area contributed by atoms with E-state index in [4.69, 9.17) is 4.74 Å². The van der Waals surface area contributed by atoms with Gasteiger partial charge in [0.1, 0.15) is 4.60 Å². The van der Waals surface area contributed by atoms with Crippen molar-refractivity contribution in [2.24, 2.45) is 0 Å². The van der Waals surface area contributed by atoms with Crippen molar-refractivity contribution in [2.75, 3.05) is 7.11 Å². The van der Waals surface area contributed by atoms with Crippen molar-refractivity contribution in [3.8, 4) is 6.01 Å². The van der Waals surface area contributed by atoms with Gasteiger partial charge in [-0.15, -0.1) is 5.10 Å². The fourth-order valence-corrected chi connectivity index (χ4v) is 1.36. The summed E-state index contributed by atoms with van der Waals surface area (Å²) < 4.78 is 7.48. The van der Waals surface area contributed by atoms with Gasteiger partial charge in [-0.2, -0.15) is 0 Å². The molecule has 0 aliphatic carbocycles. The van der Waals surface area contributed by atoms with E-state index in [-0.39, 0.29) is 0 Å². The minimum atomic E-state index is 0.361. The SMILES string of the molecule is COc1ncc2ccc(Br)n2n1. The lowest BCUT2D eigenvalue weighted by atomic mass is 10.5. The van der Waals surface area contributed by atoms with Crippen LogP contribution in [0, 0.1) is 0 Å². The summed E-state index contributed by atoms with van der Waals surface area (Å²) >= 11 is 3.35. The van der Waals surface area contributed by atoms with Gasteiger partial charge >= 0.3 is 6.01 Å². The van der Waals surface area contributed by atoms with Gasteiger partial charge in [-0.1, -0.05) is 0 Å². The number of ether oxygens (including phenoxy) is 1. The molecule has 0 spiro atoms. The van der Waals surface area contributed by atoms with Crippen molar-refractivity contribution in [3.63, 3.8) is 0 Å². The fourth-order valence-electron chi connectivity index (χ4n) is 0.948. The molecule has 5 heteroatoms. The highest BCUT2D eigenvalue weighted by Crippen LogP contribution is 2.14. The molecule has 62 valence electrons. The molecular weight excluding hydrogens is 222 g/mol. The molecule has 4 nitrogen and oxygen atoms in total. The molecule has 12 heavy (non-hydrogen) atoms. The van der Waals surface area contributed by atoms with Crippen LogP contribution in [0.4, 0.5) is 0 Å². The molecule has 0 saturated carbocycles. The molecule has 0 saturated heterocycles. The molecule has 0 aliphatic heterocycles. The van der Waals surface area contributed by atoms with Crippen molar-refractivity contribution in [2.45, 2.75) is 0 Å². The first kappa shape index (κ1) is 7.54. The molecule has 0 amide bonds. The van der Waals surface area contributed by atoms with Gasteiger partial charge in [0.15, 0.2) is 0 Å². The van der Waals surface area contributed by atoms with Crippen LogP contribution in [0.15, 0.2) is 22.9 Å². The molecule has 0 radical (unpaired) electrons. The highest BCUT2D eigenvalue weighted by Gasteiger charge is 2.01. The van der Waals surface area contributed by atoms with Crippen molar-refractivity contribution in [1.29, 1.82) is 0 Å². The Kier molecular flexibility index (Phi) is 1.73. The molecule has 0 aromatic carbocycles. The lowest BCUT2D eigenvalue weighted by Gasteiger charge is -1.98. The van der Waals surface area contributed by atoms with Crippen LogP contribution in [0.2, 0.25) is 0 Å². The monoisotopic (exact) mass is 227 g/mol. The van der Waals surface area contributed by atoms with Crippen LogP contribution in [0.3, 0.4) is 0 Å². The minimum Gasteiger partial charge on any atom is -0.466 e. The van der Waals surface area contributed by atoms with Crippen LogP contribution >= 0.6 is 15.9 Å². The molecule has 0 N–H and O–H groups in total. The fraction of sp³-hybridized carbons (Fsp3) is 0.143. The highest BCUT2D eigenvalue weighted by molar-refractivity contribution is 9.10. The number of methoxy groups -OCH3 is 1. The maximum Gasteiger partial charge on any atom is 0.334 e. The molecule has 2 aromatic rings. The highest BCUT2D eigenvalue weighted by atomic mass is 79.9. The Balaban J connectivity index is 2.71. The Morgan fingerprint density at radius 1 is 1.50 bits per heavy atom.